The van der Waals surface area contributed by atoms with Gasteiger partial charge in [-0.1, -0.05) is 0 Å². The molecular formula is C11H18N4. The van der Waals surface area contributed by atoms with Crippen molar-refractivity contribution < 1.29 is 0 Å². The molecule has 2 N–H and O–H groups in total. The maximum atomic E-state index is 5.54. The van der Waals surface area contributed by atoms with E-state index < -0.39 is 0 Å². The summed E-state index contributed by atoms with van der Waals surface area (Å²) in [6, 6.07) is 0. The zero-order valence-electron chi connectivity index (χ0n) is 9.62. The number of aromatic nitrogens is 3. The first kappa shape index (κ1) is 10.2. The largest absolute Gasteiger partial charge is 0.330 e. The molecule has 2 rings (SSSR count). The van der Waals surface area contributed by atoms with Crippen molar-refractivity contribution in [2.45, 2.75) is 26.7 Å². The van der Waals surface area contributed by atoms with Crippen molar-refractivity contribution in [2.24, 2.45) is 12.8 Å². The summed E-state index contributed by atoms with van der Waals surface area (Å²) in [5.41, 5.74) is 9.22. The molecule has 15 heavy (non-hydrogen) atoms. The van der Waals surface area contributed by atoms with Gasteiger partial charge in [0.15, 0.2) is 0 Å². The monoisotopic (exact) mass is 206 g/mol. The highest BCUT2D eigenvalue weighted by molar-refractivity contribution is 5.39. The summed E-state index contributed by atoms with van der Waals surface area (Å²) in [6.45, 7) is 4.90. The molecule has 4 heteroatoms. The highest BCUT2D eigenvalue weighted by atomic mass is 15.2. The van der Waals surface area contributed by atoms with E-state index in [9.17, 15) is 0 Å². The summed E-state index contributed by atoms with van der Waals surface area (Å²) < 4.78 is 4.32. The van der Waals surface area contributed by atoms with Gasteiger partial charge in [-0.25, -0.2) is 4.98 Å². The number of imidazole rings is 2. The Morgan fingerprint density at radius 1 is 1.40 bits per heavy atom. The van der Waals surface area contributed by atoms with Gasteiger partial charge in [-0.15, -0.1) is 0 Å². The molecule has 82 valence electrons. The molecule has 0 radical (unpaired) electrons. The fourth-order valence-corrected chi connectivity index (χ4v) is 2.09. The van der Waals surface area contributed by atoms with Crippen LogP contribution in [0.3, 0.4) is 0 Å². The van der Waals surface area contributed by atoms with Crippen LogP contribution in [-0.4, -0.2) is 20.5 Å². The first-order valence-corrected chi connectivity index (χ1v) is 5.35. The molecule has 0 unspecified atom stereocenters. The van der Waals surface area contributed by atoms with E-state index in [0.29, 0.717) is 0 Å². The van der Waals surface area contributed by atoms with Crippen LogP contribution in [0.5, 0.6) is 0 Å². The third kappa shape index (κ3) is 1.55. The summed E-state index contributed by atoms with van der Waals surface area (Å²) in [7, 11) is 2.07. The first-order chi connectivity index (χ1) is 7.15. The second kappa shape index (κ2) is 3.70. The van der Waals surface area contributed by atoms with Gasteiger partial charge < -0.3 is 10.3 Å². The second-order valence-corrected chi connectivity index (χ2v) is 4.04. The number of nitrogens with two attached hydrogens (primary N) is 1. The van der Waals surface area contributed by atoms with Crippen LogP contribution in [0.2, 0.25) is 0 Å². The predicted molar refractivity (Wildman–Crippen MR) is 61.0 cm³/mol. The van der Waals surface area contributed by atoms with Crippen molar-refractivity contribution >= 4 is 5.78 Å². The van der Waals surface area contributed by atoms with E-state index in [1.165, 1.54) is 11.4 Å². The Morgan fingerprint density at radius 2 is 2.13 bits per heavy atom. The molecule has 2 aromatic heterocycles. The number of aryl methyl sites for hydroxylation is 3. The smallest absolute Gasteiger partial charge is 0.214 e. The van der Waals surface area contributed by atoms with Crippen molar-refractivity contribution in [1.82, 2.24) is 14.0 Å². The number of nitrogens with zero attached hydrogens (tertiary/aromatic N) is 3. The molecular weight excluding hydrogens is 188 g/mol. The van der Waals surface area contributed by atoms with Crippen molar-refractivity contribution in [3.8, 4) is 0 Å². The van der Waals surface area contributed by atoms with Crippen LogP contribution in [0, 0.1) is 13.8 Å². The zero-order valence-corrected chi connectivity index (χ0v) is 9.62. The van der Waals surface area contributed by atoms with E-state index in [4.69, 9.17) is 5.73 Å². The number of hydrogen-bond donors (Lipinski definition) is 1. The van der Waals surface area contributed by atoms with Crippen molar-refractivity contribution in [3.05, 3.63) is 23.3 Å². The second-order valence-electron chi connectivity index (χ2n) is 4.04. The molecule has 0 aliphatic rings. The molecule has 4 nitrogen and oxygen atoms in total. The Morgan fingerprint density at radius 3 is 2.73 bits per heavy atom. The lowest BCUT2D eigenvalue weighted by Crippen LogP contribution is -2.04. The fraction of sp³-hybridized carbons (Fsp3) is 0.545. The van der Waals surface area contributed by atoms with Crippen LogP contribution in [0.1, 0.15) is 23.5 Å². The van der Waals surface area contributed by atoms with E-state index in [0.717, 1.165) is 30.9 Å². The molecule has 0 bridgehead atoms. The number of rotatable bonds is 3. The Hall–Kier alpha value is -1.29. The van der Waals surface area contributed by atoms with Gasteiger partial charge in [-0.3, -0.25) is 4.40 Å². The van der Waals surface area contributed by atoms with Crippen LogP contribution in [0.25, 0.3) is 5.78 Å². The third-order valence-corrected chi connectivity index (χ3v) is 2.91. The van der Waals surface area contributed by atoms with Gasteiger partial charge >= 0.3 is 0 Å². The molecule has 0 aromatic carbocycles. The lowest BCUT2D eigenvalue weighted by atomic mass is 10.2. The van der Waals surface area contributed by atoms with Crippen molar-refractivity contribution in [3.63, 3.8) is 0 Å². The average molecular weight is 206 g/mol. The van der Waals surface area contributed by atoms with E-state index >= 15 is 0 Å². The fourth-order valence-electron chi connectivity index (χ4n) is 2.09. The highest BCUT2D eigenvalue weighted by Gasteiger charge is 2.12. The highest BCUT2D eigenvalue weighted by Crippen LogP contribution is 2.16. The quantitative estimate of drug-likeness (QED) is 0.819. The first-order valence-electron chi connectivity index (χ1n) is 5.35. The topological polar surface area (TPSA) is 48.2 Å². The summed E-state index contributed by atoms with van der Waals surface area (Å²) >= 11 is 0. The van der Waals surface area contributed by atoms with E-state index in [1.807, 2.05) is 6.92 Å². The summed E-state index contributed by atoms with van der Waals surface area (Å²) in [5, 5.41) is 0. The molecule has 0 amide bonds. The maximum absolute atomic E-state index is 5.54. The van der Waals surface area contributed by atoms with Gasteiger partial charge in [0.25, 0.3) is 0 Å². The molecule has 0 spiro atoms. The minimum atomic E-state index is 0.742. The predicted octanol–water partition coefficient (Wildman–Crippen LogP) is 1.18. The SMILES string of the molecule is Cc1cn2c(C)c(CCCN)n(C)c2n1. The Labute approximate surface area is 89.7 Å². The van der Waals surface area contributed by atoms with Gasteiger partial charge in [-0.2, -0.15) is 0 Å². The van der Waals surface area contributed by atoms with E-state index in [1.54, 1.807) is 0 Å². The average Bonchev–Trinajstić information content (AvgIpc) is 2.67. The minimum absolute atomic E-state index is 0.742. The number of hydrogen-bond acceptors (Lipinski definition) is 2. The maximum Gasteiger partial charge on any atom is 0.214 e. The Balaban J connectivity index is 2.51. The van der Waals surface area contributed by atoms with Crippen LogP contribution in [0.4, 0.5) is 0 Å². The molecule has 0 atom stereocenters. The summed E-state index contributed by atoms with van der Waals surface area (Å²) in [5.74, 6) is 1.03. The molecule has 0 fully saturated rings. The van der Waals surface area contributed by atoms with Crippen LogP contribution in [0.15, 0.2) is 6.20 Å². The minimum Gasteiger partial charge on any atom is -0.330 e. The lowest BCUT2D eigenvalue weighted by molar-refractivity contribution is 0.756. The summed E-state index contributed by atoms with van der Waals surface area (Å²) in [4.78, 5) is 4.50. The van der Waals surface area contributed by atoms with Crippen LogP contribution in [-0.2, 0) is 13.5 Å². The third-order valence-electron chi connectivity index (χ3n) is 2.91. The summed E-state index contributed by atoms with van der Waals surface area (Å²) in [6.07, 6.45) is 4.14. The molecule has 0 aliphatic carbocycles. The van der Waals surface area contributed by atoms with E-state index in [-0.39, 0.29) is 0 Å². The molecule has 0 aliphatic heterocycles. The normalized spacial score (nSPS) is 11.5. The van der Waals surface area contributed by atoms with Crippen molar-refractivity contribution in [1.29, 1.82) is 0 Å². The molecule has 0 saturated heterocycles. The van der Waals surface area contributed by atoms with Gasteiger partial charge in [0, 0.05) is 24.6 Å². The molecule has 0 saturated carbocycles. The molecule has 2 aromatic rings. The van der Waals surface area contributed by atoms with Gasteiger partial charge in [0.1, 0.15) is 0 Å². The Bertz CT molecular complexity index is 441. The van der Waals surface area contributed by atoms with Gasteiger partial charge in [0.2, 0.25) is 5.78 Å². The Kier molecular flexibility index (Phi) is 2.52. The molecule has 2 heterocycles. The zero-order chi connectivity index (χ0) is 11.0. The lowest BCUT2D eigenvalue weighted by Gasteiger charge is -2.02. The van der Waals surface area contributed by atoms with Crippen LogP contribution >= 0.6 is 0 Å². The van der Waals surface area contributed by atoms with Gasteiger partial charge in [-0.05, 0) is 33.2 Å². The van der Waals surface area contributed by atoms with Crippen LogP contribution < -0.4 is 5.73 Å². The van der Waals surface area contributed by atoms with Crippen molar-refractivity contribution in [2.75, 3.05) is 6.54 Å². The standard InChI is InChI=1S/C11H18N4/c1-8-7-15-9(2)10(5-4-6-12)14(3)11(15)13-8/h7H,4-6,12H2,1-3H3. The van der Waals surface area contributed by atoms with Gasteiger partial charge in [0.05, 0.1) is 5.69 Å². The van der Waals surface area contributed by atoms with E-state index in [2.05, 4.69) is 34.1 Å². The number of fused-ring (bicyclic) bond motifs is 1.